The summed E-state index contributed by atoms with van der Waals surface area (Å²) in [6, 6.07) is 8.23. The van der Waals surface area contributed by atoms with Crippen LogP contribution in [0.15, 0.2) is 36.4 Å². The van der Waals surface area contributed by atoms with Crippen molar-refractivity contribution in [1.29, 1.82) is 0 Å². The Labute approximate surface area is 97.1 Å². The molecule has 0 aliphatic rings. The number of ether oxygens (including phenoxy) is 1. The van der Waals surface area contributed by atoms with Gasteiger partial charge in [0.2, 0.25) is 0 Å². The molecule has 2 aromatic carbocycles. The Morgan fingerprint density at radius 1 is 0.941 bits per heavy atom. The van der Waals surface area contributed by atoms with E-state index in [2.05, 4.69) is 0 Å². The van der Waals surface area contributed by atoms with Crippen LogP contribution in [0.25, 0.3) is 11.1 Å². The zero-order chi connectivity index (χ0) is 12.4. The first-order chi connectivity index (χ1) is 8.11. The van der Waals surface area contributed by atoms with Gasteiger partial charge >= 0.3 is 0 Å². The third kappa shape index (κ3) is 2.20. The van der Waals surface area contributed by atoms with E-state index in [9.17, 15) is 13.9 Å². The highest BCUT2D eigenvalue weighted by molar-refractivity contribution is 5.66. The van der Waals surface area contributed by atoms with E-state index in [4.69, 9.17) is 4.74 Å². The molecule has 0 radical (unpaired) electrons. The Morgan fingerprint density at radius 2 is 1.59 bits per heavy atom. The smallest absolute Gasteiger partial charge is 0.165 e. The molecule has 2 aromatic rings. The molecule has 0 spiro atoms. The summed E-state index contributed by atoms with van der Waals surface area (Å²) in [5.74, 6) is -1.53. The van der Waals surface area contributed by atoms with Gasteiger partial charge in [0.15, 0.2) is 23.1 Å². The Bertz CT molecular complexity index is 553. The normalized spacial score (nSPS) is 10.3. The molecule has 0 saturated carbocycles. The zero-order valence-electron chi connectivity index (χ0n) is 9.08. The lowest BCUT2D eigenvalue weighted by atomic mass is 10.0. The van der Waals surface area contributed by atoms with Crippen LogP contribution in [0.4, 0.5) is 8.78 Å². The molecule has 1 N–H and O–H groups in total. The molecule has 0 aromatic heterocycles. The molecule has 0 unspecified atom stereocenters. The van der Waals surface area contributed by atoms with E-state index in [1.807, 2.05) is 0 Å². The minimum atomic E-state index is -0.706. The third-order valence-corrected chi connectivity index (χ3v) is 2.43. The van der Waals surface area contributed by atoms with Crippen LogP contribution in [0.1, 0.15) is 0 Å². The standard InChI is InChI=1S/C13H10F2O2/c1-17-13-5-3-8(6-11(13)15)9-2-4-10(14)12(16)7-9/h2-7,16H,1H3. The molecule has 0 saturated heterocycles. The second-order valence-electron chi connectivity index (χ2n) is 3.52. The Morgan fingerprint density at radius 3 is 2.18 bits per heavy atom. The predicted molar refractivity (Wildman–Crippen MR) is 60.0 cm³/mol. The number of hydrogen-bond donors (Lipinski definition) is 1. The topological polar surface area (TPSA) is 29.5 Å². The van der Waals surface area contributed by atoms with E-state index in [0.29, 0.717) is 11.1 Å². The minimum absolute atomic E-state index is 0.139. The number of methoxy groups -OCH3 is 1. The molecule has 17 heavy (non-hydrogen) atoms. The molecule has 88 valence electrons. The summed E-state index contributed by atoms with van der Waals surface area (Å²) in [5, 5.41) is 9.24. The van der Waals surface area contributed by atoms with E-state index in [0.717, 1.165) is 6.07 Å². The van der Waals surface area contributed by atoms with Gasteiger partial charge in [0.05, 0.1) is 7.11 Å². The van der Waals surface area contributed by atoms with Crippen molar-refractivity contribution in [2.24, 2.45) is 0 Å². The summed E-state index contributed by atoms with van der Waals surface area (Å²) in [6.07, 6.45) is 0. The predicted octanol–water partition coefficient (Wildman–Crippen LogP) is 3.35. The van der Waals surface area contributed by atoms with E-state index in [-0.39, 0.29) is 5.75 Å². The molecule has 4 heteroatoms. The largest absolute Gasteiger partial charge is 0.505 e. The van der Waals surface area contributed by atoms with Crippen LogP contribution in [0.3, 0.4) is 0 Å². The van der Waals surface area contributed by atoms with Crippen LogP contribution in [0, 0.1) is 11.6 Å². The molecular formula is C13H10F2O2. The van der Waals surface area contributed by atoms with Gasteiger partial charge < -0.3 is 9.84 Å². The first-order valence-electron chi connectivity index (χ1n) is 4.94. The van der Waals surface area contributed by atoms with E-state index >= 15 is 0 Å². The summed E-state index contributed by atoms with van der Waals surface area (Å²) < 4.78 is 31.1. The molecule has 0 atom stereocenters. The van der Waals surface area contributed by atoms with Crippen molar-refractivity contribution in [3.8, 4) is 22.6 Å². The van der Waals surface area contributed by atoms with E-state index < -0.39 is 17.4 Å². The summed E-state index contributed by atoms with van der Waals surface area (Å²) in [7, 11) is 1.38. The summed E-state index contributed by atoms with van der Waals surface area (Å²) in [6.45, 7) is 0. The second-order valence-corrected chi connectivity index (χ2v) is 3.52. The van der Waals surface area contributed by atoms with Gasteiger partial charge in [0.25, 0.3) is 0 Å². The van der Waals surface area contributed by atoms with E-state index in [1.54, 1.807) is 6.07 Å². The lowest BCUT2D eigenvalue weighted by molar-refractivity contribution is 0.386. The molecule has 2 nitrogen and oxygen atoms in total. The van der Waals surface area contributed by atoms with Gasteiger partial charge in [-0.2, -0.15) is 0 Å². The van der Waals surface area contributed by atoms with Crippen molar-refractivity contribution < 1.29 is 18.6 Å². The molecule has 0 bridgehead atoms. The first-order valence-corrected chi connectivity index (χ1v) is 4.94. The monoisotopic (exact) mass is 236 g/mol. The Balaban J connectivity index is 2.46. The van der Waals surface area contributed by atoms with Crippen LogP contribution in [-0.4, -0.2) is 12.2 Å². The number of rotatable bonds is 2. The molecular weight excluding hydrogens is 226 g/mol. The molecule has 0 aliphatic carbocycles. The summed E-state index contributed by atoms with van der Waals surface area (Å²) in [4.78, 5) is 0. The summed E-state index contributed by atoms with van der Waals surface area (Å²) in [5.41, 5.74) is 1.07. The van der Waals surface area contributed by atoms with Crippen molar-refractivity contribution in [1.82, 2.24) is 0 Å². The maximum atomic E-state index is 13.5. The fourth-order valence-corrected chi connectivity index (χ4v) is 1.54. The van der Waals surface area contributed by atoms with Gasteiger partial charge in [0.1, 0.15) is 0 Å². The molecule has 0 heterocycles. The number of benzene rings is 2. The van der Waals surface area contributed by atoms with Gasteiger partial charge in [-0.15, -0.1) is 0 Å². The van der Waals surface area contributed by atoms with Crippen molar-refractivity contribution in [2.75, 3.05) is 7.11 Å². The van der Waals surface area contributed by atoms with Crippen LogP contribution >= 0.6 is 0 Å². The zero-order valence-corrected chi connectivity index (χ0v) is 9.08. The molecule has 0 fully saturated rings. The molecule has 0 aliphatic heterocycles. The van der Waals surface area contributed by atoms with Crippen LogP contribution in [-0.2, 0) is 0 Å². The number of phenolic OH excluding ortho intramolecular Hbond substituents is 1. The SMILES string of the molecule is COc1ccc(-c2ccc(F)c(O)c2)cc1F. The maximum Gasteiger partial charge on any atom is 0.165 e. The molecule has 0 amide bonds. The van der Waals surface area contributed by atoms with Gasteiger partial charge in [-0.1, -0.05) is 12.1 Å². The Kier molecular flexibility index (Phi) is 2.95. The Hall–Kier alpha value is -2.10. The van der Waals surface area contributed by atoms with E-state index in [1.165, 1.54) is 31.4 Å². The average Bonchev–Trinajstić information content (AvgIpc) is 2.32. The van der Waals surface area contributed by atoms with Crippen molar-refractivity contribution in [2.45, 2.75) is 0 Å². The number of hydrogen-bond acceptors (Lipinski definition) is 2. The van der Waals surface area contributed by atoms with Crippen LogP contribution < -0.4 is 4.74 Å². The van der Waals surface area contributed by atoms with Crippen LogP contribution in [0.5, 0.6) is 11.5 Å². The number of aromatic hydroxyl groups is 1. The van der Waals surface area contributed by atoms with Crippen molar-refractivity contribution >= 4 is 0 Å². The first kappa shape index (κ1) is 11.4. The lowest BCUT2D eigenvalue weighted by Gasteiger charge is -2.06. The minimum Gasteiger partial charge on any atom is -0.505 e. The quantitative estimate of drug-likeness (QED) is 0.866. The third-order valence-electron chi connectivity index (χ3n) is 2.43. The van der Waals surface area contributed by atoms with Gasteiger partial charge in [-0.25, -0.2) is 8.78 Å². The highest BCUT2D eigenvalue weighted by Crippen LogP contribution is 2.28. The van der Waals surface area contributed by atoms with Gasteiger partial charge in [-0.3, -0.25) is 0 Å². The number of phenols is 1. The van der Waals surface area contributed by atoms with Crippen molar-refractivity contribution in [3.63, 3.8) is 0 Å². The van der Waals surface area contributed by atoms with Gasteiger partial charge in [-0.05, 0) is 35.4 Å². The fraction of sp³-hybridized carbons (Fsp3) is 0.0769. The molecule has 2 rings (SSSR count). The second kappa shape index (κ2) is 4.41. The van der Waals surface area contributed by atoms with Crippen molar-refractivity contribution in [3.05, 3.63) is 48.0 Å². The van der Waals surface area contributed by atoms with Crippen LogP contribution in [0.2, 0.25) is 0 Å². The lowest BCUT2D eigenvalue weighted by Crippen LogP contribution is -1.88. The maximum absolute atomic E-state index is 13.5. The highest BCUT2D eigenvalue weighted by atomic mass is 19.1. The highest BCUT2D eigenvalue weighted by Gasteiger charge is 2.07. The van der Waals surface area contributed by atoms with Gasteiger partial charge in [0, 0.05) is 0 Å². The average molecular weight is 236 g/mol. The fourth-order valence-electron chi connectivity index (χ4n) is 1.54. The summed E-state index contributed by atoms with van der Waals surface area (Å²) >= 11 is 0. The number of halogens is 2.